The van der Waals surface area contributed by atoms with Gasteiger partial charge in [0.05, 0.1) is 0 Å². The maximum absolute atomic E-state index is 10.4. The average molecular weight is 299 g/mol. The Balaban J connectivity index is 3.24. The minimum absolute atomic E-state index is 0.340. The van der Waals surface area contributed by atoms with Gasteiger partial charge in [-0.2, -0.15) is 0 Å². The van der Waals surface area contributed by atoms with Gasteiger partial charge < -0.3 is 5.11 Å². The molecule has 0 heterocycles. The Kier molecular flexibility index (Phi) is 12.8. The molecule has 0 spiro atoms. The molecule has 2 atom stereocenters. The number of rotatable bonds is 14. The van der Waals surface area contributed by atoms with E-state index in [4.69, 9.17) is 5.11 Å². The van der Waals surface area contributed by atoms with Crippen molar-refractivity contribution in [3.63, 3.8) is 0 Å². The third kappa shape index (κ3) is 12.9. The van der Waals surface area contributed by atoms with E-state index in [2.05, 4.69) is 27.7 Å². The maximum Gasteiger partial charge on any atom is 0.303 e. The molecule has 21 heavy (non-hydrogen) atoms. The summed E-state index contributed by atoms with van der Waals surface area (Å²) in [6.45, 7) is 9.46. The first-order valence-corrected chi connectivity index (χ1v) is 9.17. The maximum atomic E-state index is 10.4. The van der Waals surface area contributed by atoms with Crippen LogP contribution < -0.4 is 0 Å². The smallest absolute Gasteiger partial charge is 0.303 e. The largest absolute Gasteiger partial charge is 0.481 e. The van der Waals surface area contributed by atoms with Crippen molar-refractivity contribution < 1.29 is 9.90 Å². The van der Waals surface area contributed by atoms with Crippen LogP contribution in [0.4, 0.5) is 0 Å². The van der Waals surface area contributed by atoms with E-state index in [1.54, 1.807) is 0 Å². The SMILES string of the molecule is CC(C)C(C)C(C)CCCCCCCCCCCC(=O)O. The summed E-state index contributed by atoms with van der Waals surface area (Å²) in [6.07, 6.45) is 13.0. The van der Waals surface area contributed by atoms with Crippen LogP contribution in [-0.4, -0.2) is 11.1 Å². The van der Waals surface area contributed by atoms with Gasteiger partial charge in [-0.1, -0.05) is 85.5 Å². The molecule has 1 N–H and O–H groups in total. The van der Waals surface area contributed by atoms with Crippen LogP contribution in [0.25, 0.3) is 0 Å². The van der Waals surface area contributed by atoms with Gasteiger partial charge in [-0.15, -0.1) is 0 Å². The summed E-state index contributed by atoms with van der Waals surface area (Å²) in [4.78, 5) is 10.4. The lowest BCUT2D eigenvalue weighted by Gasteiger charge is -2.23. The molecular formula is C19H38O2. The molecular weight excluding hydrogens is 260 g/mol. The van der Waals surface area contributed by atoms with Crippen LogP contribution in [0.2, 0.25) is 0 Å². The summed E-state index contributed by atoms with van der Waals surface area (Å²) >= 11 is 0. The molecule has 2 heteroatoms. The monoisotopic (exact) mass is 298 g/mol. The van der Waals surface area contributed by atoms with E-state index in [-0.39, 0.29) is 0 Å². The van der Waals surface area contributed by atoms with Crippen LogP contribution in [0, 0.1) is 17.8 Å². The number of carboxylic acid groups (broad SMARTS) is 1. The van der Waals surface area contributed by atoms with Crippen molar-refractivity contribution in [3.8, 4) is 0 Å². The molecule has 0 radical (unpaired) electrons. The Morgan fingerprint density at radius 2 is 1.19 bits per heavy atom. The van der Waals surface area contributed by atoms with Gasteiger partial charge >= 0.3 is 5.97 Å². The highest BCUT2D eigenvalue weighted by atomic mass is 16.4. The molecule has 0 saturated carbocycles. The molecule has 0 amide bonds. The van der Waals surface area contributed by atoms with E-state index in [1.165, 1.54) is 51.4 Å². The van der Waals surface area contributed by atoms with E-state index in [1.807, 2.05) is 0 Å². The molecule has 0 aliphatic heterocycles. The molecule has 0 aromatic heterocycles. The first-order chi connectivity index (χ1) is 9.95. The van der Waals surface area contributed by atoms with Gasteiger partial charge in [0.15, 0.2) is 0 Å². The van der Waals surface area contributed by atoms with Crippen LogP contribution in [0.1, 0.15) is 98.3 Å². The Labute approximate surface area is 132 Å². The predicted octanol–water partition coefficient (Wildman–Crippen LogP) is 6.29. The molecule has 2 nitrogen and oxygen atoms in total. The minimum atomic E-state index is -0.656. The second-order valence-corrected chi connectivity index (χ2v) is 7.19. The quantitative estimate of drug-likeness (QED) is 0.383. The fourth-order valence-corrected chi connectivity index (χ4v) is 2.90. The normalized spacial score (nSPS) is 14.3. The number of hydrogen-bond acceptors (Lipinski definition) is 1. The average Bonchev–Trinajstić information content (AvgIpc) is 2.43. The summed E-state index contributed by atoms with van der Waals surface area (Å²) in [6, 6.07) is 0. The van der Waals surface area contributed by atoms with Gasteiger partial charge in [0, 0.05) is 6.42 Å². The standard InChI is InChI=1S/C19H38O2/c1-16(2)18(4)17(3)14-12-10-8-6-5-7-9-11-13-15-19(20)21/h16-18H,5-15H2,1-4H3,(H,20,21). The zero-order valence-corrected chi connectivity index (χ0v) is 14.9. The lowest BCUT2D eigenvalue weighted by atomic mass is 9.83. The first kappa shape index (κ1) is 20.5. The zero-order chi connectivity index (χ0) is 16.1. The van der Waals surface area contributed by atoms with Crippen LogP contribution in [0.5, 0.6) is 0 Å². The summed E-state index contributed by atoms with van der Waals surface area (Å²) in [7, 11) is 0. The summed E-state index contributed by atoms with van der Waals surface area (Å²) in [5.41, 5.74) is 0. The van der Waals surface area contributed by atoms with E-state index >= 15 is 0 Å². The molecule has 0 fully saturated rings. The van der Waals surface area contributed by atoms with E-state index in [0.717, 1.165) is 30.6 Å². The number of carboxylic acids is 1. The van der Waals surface area contributed by atoms with Crippen molar-refractivity contribution in [2.45, 2.75) is 98.3 Å². The van der Waals surface area contributed by atoms with Crippen molar-refractivity contribution in [2.24, 2.45) is 17.8 Å². The number of aliphatic carboxylic acids is 1. The highest BCUT2D eigenvalue weighted by Crippen LogP contribution is 2.25. The molecule has 0 aromatic rings. The Morgan fingerprint density at radius 1 is 0.762 bits per heavy atom. The second kappa shape index (κ2) is 13.2. The number of carbonyl (C=O) groups is 1. The molecule has 0 bridgehead atoms. The lowest BCUT2D eigenvalue weighted by molar-refractivity contribution is -0.137. The molecule has 0 saturated heterocycles. The highest BCUT2D eigenvalue weighted by Gasteiger charge is 2.14. The summed E-state index contributed by atoms with van der Waals surface area (Å²) in [5.74, 6) is 1.85. The van der Waals surface area contributed by atoms with Gasteiger partial charge in [-0.05, 0) is 24.2 Å². The molecule has 0 aliphatic carbocycles. The molecule has 0 rings (SSSR count). The second-order valence-electron chi connectivity index (χ2n) is 7.19. The van der Waals surface area contributed by atoms with Gasteiger partial charge in [-0.3, -0.25) is 4.79 Å². The highest BCUT2D eigenvalue weighted by molar-refractivity contribution is 5.66. The fourth-order valence-electron chi connectivity index (χ4n) is 2.90. The summed E-state index contributed by atoms with van der Waals surface area (Å²) in [5, 5.41) is 8.54. The molecule has 0 aliphatic rings. The fraction of sp³-hybridized carbons (Fsp3) is 0.947. The van der Waals surface area contributed by atoms with Crippen molar-refractivity contribution >= 4 is 5.97 Å². The molecule has 0 aromatic carbocycles. The Morgan fingerprint density at radius 3 is 1.62 bits per heavy atom. The Hall–Kier alpha value is -0.530. The third-order valence-corrected chi connectivity index (χ3v) is 5.00. The lowest BCUT2D eigenvalue weighted by Crippen LogP contribution is -2.14. The first-order valence-electron chi connectivity index (χ1n) is 9.17. The van der Waals surface area contributed by atoms with E-state index < -0.39 is 5.97 Å². The van der Waals surface area contributed by atoms with E-state index in [0.29, 0.717) is 6.42 Å². The van der Waals surface area contributed by atoms with Gasteiger partial charge in [0.25, 0.3) is 0 Å². The number of unbranched alkanes of at least 4 members (excludes halogenated alkanes) is 8. The third-order valence-electron chi connectivity index (χ3n) is 5.00. The topological polar surface area (TPSA) is 37.3 Å². The molecule has 126 valence electrons. The number of hydrogen-bond donors (Lipinski definition) is 1. The van der Waals surface area contributed by atoms with Crippen molar-refractivity contribution in [2.75, 3.05) is 0 Å². The van der Waals surface area contributed by atoms with Crippen molar-refractivity contribution in [3.05, 3.63) is 0 Å². The van der Waals surface area contributed by atoms with Crippen LogP contribution >= 0.6 is 0 Å². The van der Waals surface area contributed by atoms with Crippen molar-refractivity contribution in [1.82, 2.24) is 0 Å². The van der Waals surface area contributed by atoms with E-state index in [9.17, 15) is 4.79 Å². The van der Waals surface area contributed by atoms with Crippen molar-refractivity contribution in [1.29, 1.82) is 0 Å². The Bertz CT molecular complexity index is 248. The van der Waals surface area contributed by atoms with Crippen LogP contribution in [-0.2, 0) is 4.79 Å². The zero-order valence-electron chi connectivity index (χ0n) is 14.9. The minimum Gasteiger partial charge on any atom is -0.481 e. The van der Waals surface area contributed by atoms with Gasteiger partial charge in [-0.25, -0.2) is 0 Å². The van der Waals surface area contributed by atoms with Gasteiger partial charge in [0.1, 0.15) is 0 Å². The molecule has 2 unspecified atom stereocenters. The van der Waals surface area contributed by atoms with Crippen LogP contribution in [0.15, 0.2) is 0 Å². The summed E-state index contributed by atoms with van der Waals surface area (Å²) < 4.78 is 0. The van der Waals surface area contributed by atoms with Gasteiger partial charge in [0.2, 0.25) is 0 Å². The predicted molar refractivity (Wildman–Crippen MR) is 91.6 cm³/mol. The van der Waals surface area contributed by atoms with Crippen LogP contribution in [0.3, 0.4) is 0 Å².